The molecule has 0 bridgehead atoms. The normalized spacial score (nSPS) is 10.7. The number of rotatable bonds is 7. The molecule has 1 aromatic carbocycles. The molecular weight excluding hydrogens is 228 g/mol. The third-order valence-electron chi connectivity index (χ3n) is 2.64. The van der Waals surface area contributed by atoms with Gasteiger partial charge in [-0.15, -0.1) is 0 Å². The molecule has 0 fully saturated rings. The van der Waals surface area contributed by atoms with Crippen molar-refractivity contribution < 1.29 is 9.47 Å². The number of methoxy groups -OCH3 is 1. The molecule has 0 amide bonds. The minimum absolute atomic E-state index is 0.634. The lowest BCUT2D eigenvalue weighted by Gasteiger charge is -2.09. The summed E-state index contributed by atoms with van der Waals surface area (Å²) in [5.41, 5.74) is 2.10. The van der Waals surface area contributed by atoms with Gasteiger partial charge in [-0.3, -0.25) is 4.98 Å². The van der Waals surface area contributed by atoms with Crippen LogP contribution in [0.4, 0.5) is 5.69 Å². The van der Waals surface area contributed by atoms with Gasteiger partial charge >= 0.3 is 0 Å². The molecular formula is C14H18N2O2. The van der Waals surface area contributed by atoms with Crippen LogP contribution >= 0.6 is 0 Å². The molecule has 0 radical (unpaired) electrons. The summed E-state index contributed by atoms with van der Waals surface area (Å²) >= 11 is 0. The van der Waals surface area contributed by atoms with E-state index >= 15 is 0 Å². The quantitative estimate of drug-likeness (QED) is 0.761. The zero-order chi connectivity index (χ0) is 12.6. The van der Waals surface area contributed by atoms with Crippen molar-refractivity contribution in [3.05, 3.63) is 36.5 Å². The molecule has 0 aliphatic heterocycles. The first-order valence-electron chi connectivity index (χ1n) is 6.06. The summed E-state index contributed by atoms with van der Waals surface area (Å²) in [4.78, 5) is 4.32. The van der Waals surface area contributed by atoms with E-state index < -0.39 is 0 Å². The Bertz CT molecular complexity index is 483. The summed E-state index contributed by atoms with van der Waals surface area (Å²) in [6.07, 6.45) is 1.82. The summed E-state index contributed by atoms with van der Waals surface area (Å²) in [5, 5.41) is 4.49. The van der Waals surface area contributed by atoms with E-state index in [9.17, 15) is 0 Å². The molecule has 0 aliphatic carbocycles. The van der Waals surface area contributed by atoms with Gasteiger partial charge < -0.3 is 14.8 Å². The topological polar surface area (TPSA) is 43.4 Å². The molecule has 0 saturated carbocycles. The number of nitrogens with one attached hydrogen (secondary N) is 1. The van der Waals surface area contributed by atoms with Gasteiger partial charge in [0.25, 0.3) is 0 Å². The summed E-state index contributed by atoms with van der Waals surface area (Å²) < 4.78 is 10.3. The fraction of sp³-hybridized carbons (Fsp3) is 0.357. The maximum atomic E-state index is 5.40. The molecule has 0 unspecified atom stereocenters. The van der Waals surface area contributed by atoms with Crippen LogP contribution in [0.5, 0.6) is 0 Å². The van der Waals surface area contributed by atoms with Crippen molar-refractivity contribution in [1.82, 2.24) is 4.98 Å². The van der Waals surface area contributed by atoms with E-state index in [2.05, 4.69) is 16.4 Å². The molecule has 1 heterocycles. The monoisotopic (exact) mass is 246 g/mol. The summed E-state index contributed by atoms with van der Waals surface area (Å²) in [5.74, 6) is 0. The molecule has 0 atom stereocenters. The predicted octanol–water partition coefficient (Wildman–Crippen LogP) is 2.31. The molecule has 1 N–H and O–H groups in total. The largest absolute Gasteiger partial charge is 0.382 e. The number of pyridine rings is 1. The van der Waals surface area contributed by atoms with Gasteiger partial charge in [-0.25, -0.2) is 0 Å². The number of benzene rings is 1. The second kappa shape index (κ2) is 6.93. The highest BCUT2D eigenvalue weighted by molar-refractivity contribution is 5.90. The van der Waals surface area contributed by atoms with Crippen LogP contribution in [-0.4, -0.2) is 38.5 Å². The van der Waals surface area contributed by atoms with Gasteiger partial charge in [-0.2, -0.15) is 0 Å². The zero-order valence-corrected chi connectivity index (χ0v) is 10.6. The highest BCUT2D eigenvalue weighted by atomic mass is 16.5. The maximum Gasteiger partial charge on any atom is 0.0722 e. The minimum Gasteiger partial charge on any atom is -0.382 e. The lowest BCUT2D eigenvalue weighted by atomic mass is 10.2. The Kier molecular flexibility index (Phi) is 4.93. The average Bonchev–Trinajstić information content (AvgIpc) is 2.43. The van der Waals surface area contributed by atoms with Gasteiger partial charge in [-0.05, 0) is 12.1 Å². The molecule has 1 aromatic heterocycles. The second-order valence-electron chi connectivity index (χ2n) is 3.91. The van der Waals surface area contributed by atoms with Crippen LogP contribution in [0.25, 0.3) is 10.9 Å². The molecule has 0 saturated heterocycles. The maximum absolute atomic E-state index is 5.40. The van der Waals surface area contributed by atoms with Crippen molar-refractivity contribution in [3.63, 3.8) is 0 Å². The molecule has 0 spiro atoms. The number of para-hydroxylation sites is 1. The number of aromatic nitrogens is 1. The van der Waals surface area contributed by atoms with E-state index in [1.807, 2.05) is 30.5 Å². The molecule has 4 heteroatoms. The number of fused-ring (bicyclic) bond motifs is 1. The van der Waals surface area contributed by atoms with Gasteiger partial charge in [0.1, 0.15) is 0 Å². The van der Waals surface area contributed by atoms with Crippen LogP contribution in [0.15, 0.2) is 36.5 Å². The highest BCUT2D eigenvalue weighted by Gasteiger charge is 1.99. The highest BCUT2D eigenvalue weighted by Crippen LogP contribution is 2.20. The second-order valence-corrected chi connectivity index (χ2v) is 3.91. The van der Waals surface area contributed by atoms with E-state index in [-0.39, 0.29) is 0 Å². The van der Waals surface area contributed by atoms with Crippen molar-refractivity contribution >= 4 is 16.6 Å². The Morgan fingerprint density at radius 1 is 1.11 bits per heavy atom. The Morgan fingerprint density at radius 2 is 2.00 bits per heavy atom. The molecule has 96 valence electrons. The van der Waals surface area contributed by atoms with Crippen LogP contribution in [0.2, 0.25) is 0 Å². The van der Waals surface area contributed by atoms with Crippen molar-refractivity contribution in [2.75, 3.05) is 38.8 Å². The predicted molar refractivity (Wildman–Crippen MR) is 72.9 cm³/mol. The van der Waals surface area contributed by atoms with Crippen molar-refractivity contribution in [3.8, 4) is 0 Å². The van der Waals surface area contributed by atoms with E-state index in [0.29, 0.717) is 19.8 Å². The van der Waals surface area contributed by atoms with Gasteiger partial charge in [0.2, 0.25) is 0 Å². The van der Waals surface area contributed by atoms with Crippen LogP contribution in [0.1, 0.15) is 0 Å². The van der Waals surface area contributed by atoms with E-state index in [0.717, 1.165) is 23.1 Å². The van der Waals surface area contributed by atoms with E-state index in [1.54, 1.807) is 7.11 Å². The standard InChI is InChI=1S/C14H18N2O2/c1-17-10-11-18-9-8-16-14-6-7-15-13-5-3-2-4-12(13)14/h2-7H,8-11H2,1H3,(H,15,16). The van der Waals surface area contributed by atoms with Crippen molar-refractivity contribution in [2.24, 2.45) is 0 Å². The molecule has 2 rings (SSSR count). The first-order valence-corrected chi connectivity index (χ1v) is 6.06. The fourth-order valence-corrected chi connectivity index (χ4v) is 1.75. The first kappa shape index (κ1) is 12.8. The average molecular weight is 246 g/mol. The number of ether oxygens (including phenoxy) is 2. The Hall–Kier alpha value is -1.65. The molecule has 0 aliphatic rings. The zero-order valence-electron chi connectivity index (χ0n) is 10.6. The minimum atomic E-state index is 0.634. The Balaban J connectivity index is 1.88. The van der Waals surface area contributed by atoms with Crippen LogP contribution in [-0.2, 0) is 9.47 Å². The SMILES string of the molecule is COCCOCCNc1ccnc2ccccc12. The van der Waals surface area contributed by atoms with Gasteiger partial charge in [-0.1, -0.05) is 18.2 Å². The smallest absolute Gasteiger partial charge is 0.0722 e. The number of hydrogen-bond acceptors (Lipinski definition) is 4. The van der Waals surface area contributed by atoms with Crippen molar-refractivity contribution in [2.45, 2.75) is 0 Å². The Morgan fingerprint density at radius 3 is 2.89 bits per heavy atom. The van der Waals surface area contributed by atoms with Crippen molar-refractivity contribution in [1.29, 1.82) is 0 Å². The van der Waals surface area contributed by atoms with Gasteiger partial charge in [0.15, 0.2) is 0 Å². The van der Waals surface area contributed by atoms with Crippen LogP contribution in [0, 0.1) is 0 Å². The van der Waals surface area contributed by atoms with Gasteiger partial charge in [0, 0.05) is 30.9 Å². The third-order valence-corrected chi connectivity index (χ3v) is 2.64. The summed E-state index contributed by atoms with van der Waals surface area (Å²) in [6.45, 7) is 2.71. The third kappa shape index (κ3) is 3.42. The van der Waals surface area contributed by atoms with Crippen LogP contribution < -0.4 is 5.32 Å². The number of nitrogens with zero attached hydrogens (tertiary/aromatic N) is 1. The number of anilines is 1. The van der Waals surface area contributed by atoms with Gasteiger partial charge in [0.05, 0.1) is 25.3 Å². The Labute approximate surface area is 107 Å². The molecule has 2 aromatic rings. The van der Waals surface area contributed by atoms with E-state index in [4.69, 9.17) is 9.47 Å². The van der Waals surface area contributed by atoms with Crippen LogP contribution in [0.3, 0.4) is 0 Å². The lowest BCUT2D eigenvalue weighted by Crippen LogP contribution is -2.12. The van der Waals surface area contributed by atoms with E-state index in [1.165, 1.54) is 0 Å². The first-order chi connectivity index (χ1) is 8.92. The summed E-state index contributed by atoms with van der Waals surface area (Å²) in [7, 11) is 1.67. The molecule has 18 heavy (non-hydrogen) atoms. The lowest BCUT2D eigenvalue weighted by molar-refractivity contribution is 0.0759. The summed E-state index contributed by atoms with van der Waals surface area (Å²) in [6, 6.07) is 10.1. The molecule has 4 nitrogen and oxygen atoms in total. The fourth-order valence-electron chi connectivity index (χ4n) is 1.75. The number of hydrogen-bond donors (Lipinski definition) is 1.